The van der Waals surface area contributed by atoms with E-state index in [1.165, 1.54) is 9.18 Å². The molecule has 2 aromatic carbocycles. The van der Waals surface area contributed by atoms with E-state index in [-0.39, 0.29) is 29.9 Å². The first-order chi connectivity index (χ1) is 17.4. The first-order valence-electron chi connectivity index (χ1n) is 11.8. The first-order valence-corrected chi connectivity index (χ1v) is 14.5. The van der Waals surface area contributed by atoms with Gasteiger partial charge in [0.15, 0.2) is 0 Å². The highest BCUT2D eigenvalue weighted by molar-refractivity contribution is 7.89. The van der Waals surface area contributed by atoms with Crippen LogP contribution >= 0.6 is 22.9 Å². The van der Waals surface area contributed by atoms with Gasteiger partial charge in [0, 0.05) is 34.6 Å². The van der Waals surface area contributed by atoms with Gasteiger partial charge >= 0.3 is 0 Å². The van der Waals surface area contributed by atoms with Gasteiger partial charge in [0.1, 0.15) is 4.90 Å². The molecule has 0 saturated heterocycles. The first kappa shape index (κ1) is 24.9. The summed E-state index contributed by atoms with van der Waals surface area (Å²) in [6, 6.07) is 18.0. The molecular formula is C27H26ClN3O3S2. The minimum Gasteiger partial charge on any atom is -0.330 e. The van der Waals surface area contributed by atoms with Crippen molar-refractivity contribution in [1.82, 2.24) is 14.2 Å². The van der Waals surface area contributed by atoms with Crippen molar-refractivity contribution in [1.29, 1.82) is 0 Å². The summed E-state index contributed by atoms with van der Waals surface area (Å²) in [5.74, 6) is -0.225. The third-order valence-electron chi connectivity index (χ3n) is 6.47. The van der Waals surface area contributed by atoms with Crippen LogP contribution < -0.4 is 0 Å². The summed E-state index contributed by atoms with van der Waals surface area (Å²) in [7, 11) is -3.95. The van der Waals surface area contributed by atoms with Crippen molar-refractivity contribution in [2.24, 2.45) is 0 Å². The Hall–Kier alpha value is -2.78. The minimum absolute atomic E-state index is 0.120. The number of rotatable bonds is 7. The third-order valence-corrected chi connectivity index (χ3v) is 9.60. The zero-order chi connectivity index (χ0) is 25.3. The van der Waals surface area contributed by atoms with E-state index in [2.05, 4.69) is 11.1 Å². The number of carbonyl (C=O) groups is 1. The second-order valence-electron chi connectivity index (χ2n) is 8.76. The lowest BCUT2D eigenvalue weighted by molar-refractivity contribution is -0.133. The molecule has 1 aliphatic rings. The number of carbonyl (C=O) groups excluding carboxylic acids is 1. The molecule has 4 aromatic rings. The largest absolute Gasteiger partial charge is 0.330 e. The highest BCUT2D eigenvalue weighted by Crippen LogP contribution is 2.38. The fourth-order valence-corrected chi connectivity index (χ4v) is 7.47. The Balaban J connectivity index is 1.49. The van der Waals surface area contributed by atoms with E-state index < -0.39 is 10.0 Å². The monoisotopic (exact) mass is 539 g/mol. The summed E-state index contributed by atoms with van der Waals surface area (Å²) in [5.41, 5.74) is 2.45. The van der Waals surface area contributed by atoms with Gasteiger partial charge in [0.25, 0.3) is 0 Å². The maximum atomic E-state index is 13.8. The maximum Gasteiger partial charge on any atom is 0.245 e. The predicted molar refractivity (Wildman–Crippen MR) is 144 cm³/mol. The lowest BCUT2D eigenvalue weighted by Gasteiger charge is -2.37. The van der Waals surface area contributed by atoms with Crippen LogP contribution in [-0.4, -0.2) is 48.1 Å². The molecule has 1 atom stereocenters. The molecule has 9 heteroatoms. The van der Waals surface area contributed by atoms with Crippen LogP contribution in [0.1, 0.15) is 35.4 Å². The normalized spacial score (nSPS) is 15.9. The predicted octanol–water partition coefficient (Wildman–Crippen LogP) is 5.52. The minimum atomic E-state index is -3.95. The van der Waals surface area contributed by atoms with Gasteiger partial charge in [-0.1, -0.05) is 48.9 Å². The Morgan fingerprint density at radius 3 is 2.69 bits per heavy atom. The molecule has 0 N–H and O–H groups in total. The summed E-state index contributed by atoms with van der Waals surface area (Å²) in [6.45, 7) is 2.43. The number of nitrogens with zero attached hydrogens (tertiary/aromatic N) is 3. The molecule has 0 spiro atoms. The average Bonchev–Trinajstić information content (AvgIpc) is 3.37. The molecule has 186 valence electrons. The van der Waals surface area contributed by atoms with E-state index in [9.17, 15) is 13.2 Å². The van der Waals surface area contributed by atoms with Crippen LogP contribution in [0.4, 0.5) is 0 Å². The molecule has 36 heavy (non-hydrogen) atoms. The number of fused-ring (bicyclic) bond motifs is 2. The van der Waals surface area contributed by atoms with Crippen molar-refractivity contribution in [3.05, 3.63) is 93.3 Å². The van der Waals surface area contributed by atoms with Gasteiger partial charge in [-0.15, -0.1) is 11.3 Å². The molecule has 0 saturated carbocycles. The number of aromatic nitrogens is 1. The van der Waals surface area contributed by atoms with Crippen molar-refractivity contribution in [2.75, 3.05) is 19.6 Å². The van der Waals surface area contributed by atoms with Crippen LogP contribution in [0.25, 0.3) is 10.9 Å². The Kier molecular flexibility index (Phi) is 7.12. The number of amides is 1. The second kappa shape index (κ2) is 10.3. The standard InChI is InChI=1S/C27H26ClN3O3S2/c1-2-15-30(36(33,34)24-7-3-5-19-6-4-14-29-26(19)24)18-25(32)31-16-12-23-22(13-17-35-23)27(31)20-8-10-21(28)11-9-20/h3-11,13-14,17,27H,2,12,15-16,18H2,1H3. The van der Waals surface area contributed by atoms with Gasteiger partial charge in [-0.3, -0.25) is 9.78 Å². The molecule has 1 unspecified atom stereocenters. The van der Waals surface area contributed by atoms with Crippen LogP contribution in [0.15, 0.2) is 77.1 Å². The van der Waals surface area contributed by atoms with E-state index >= 15 is 0 Å². The molecule has 1 aliphatic heterocycles. The zero-order valence-corrected chi connectivity index (χ0v) is 22.2. The van der Waals surface area contributed by atoms with Crippen molar-refractivity contribution in [3.63, 3.8) is 0 Å². The summed E-state index contributed by atoms with van der Waals surface area (Å²) in [6.07, 6.45) is 2.91. The van der Waals surface area contributed by atoms with E-state index in [0.717, 1.165) is 22.9 Å². The van der Waals surface area contributed by atoms with Crippen molar-refractivity contribution >= 4 is 49.8 Å². The molecule has 2 aromatic heterocycles. The molecule has 5 rings (SSSR count). The quantitative estimate of drug-likeness (QED) is 0.310. The fraction of sp³-hybridized carbons (Fsp3) is 0.259. The number of thiophene rings is 1. The Bertz CT molecular complexity index is 1500. The van der Waals surface area contributed by atoms with Gasteiger partial charge < -0.3 is 4.90 Å². The molecule has 1 amide bonds. The van der Waals surface area contributed by atoms with Crippen LogP contribution in [0, 0.1) is 0 Å². The second-order valence-corrected chi connectivity index (χ2v) is 12.1. The average molecular weight is 540 g/mol. The summed E-state index contributed by atoms with van der Waals surface area (Å²) in [4.78, 5) is 21.3. The zero-order valence-electron chi connectivity index (χ0n) is 19.8. The highest BCUT2D eigenvalue weighted by atomic mass is 35.5. The molecule has 0 bridgehead atoms. The van der Waals surface area contributed by atoms with Crippen LogP contribution in [0.5, 0.6) is 0 Å². The van der Waals surface area contributed by atoms with Crippen LogP contribution in [0.3, 0.4) is 0 Å². The van der Waals surface area contributed by atoms with Crippen LogP contribution in [0.2, 0.25) is 5.02 Å². The molecule has 6 nitrogen and oxygen atoms in total. The van der Waals surface area contributed by atoms with E-state index in [1.807, 2.05) is 48.7 Å². The lowest BCUT2D eigenvalue weighted by atomic mass is 9.93. The number of pyridine rings is 1. The van der Waals surface area contributed by atoms with Crippen molar-refractivity contribution < 1.29 is 13.2 Å². The van der Waals surface area contributed by atoms with Gasteiger partial charge in [-0.2, -0.15) is 4.31 Å². The number of para-hydroxylation sites is 1. The Morgan fingerprint density at radius 1 is 1.14 bits per heavy atom. The van der Waals surface area contributed by atoms with E-state index in [0.29, 0.717) is 23.5 Å². The molecule has 0 aliphatic carbocycles. The molecule has 0 fully saturated rings. The molecule has 0 radical (unpaired) electrons. The summed E-state index contributed by atoms with van der Waals surface area (Å²) < 4.78 is 28.9. The summed E-state index contributed by atoms with van der Waals surface area (Å²) in [5, 5.41) is 3.41. The highest BCUT2D eigenvalue weighted by Gasteiger charge is 2.36. The van der Waals surface area contributed by atoms with Gasteiger partial charge in [0.2, 0.25) is 15.9 Å². The van der Waals surface area contributed by atoms with Gasteiger partial charge in [0.05, 0.1) is 18.1 Å². The van der Waals surface area contributed by atoms with Crippen molar-refractivity contribution in [2.45, 2.75) is 30.7 Å². The topological polar surface area (TPSA) is 70.6 Å². The van der Waals surface area contributed by atoms with E-state index in [4.69, 9.17) is 11.6 Å². The Morgan fingerprint density at radius 2 is 1.92 bits per heavy atom. The maximum absolute atomic E-state index is 13.8. The molecule has 3 heterocycles. The lowest BCUT2D eigenvalue weighted by Crippen LogP contribution is -2.47. The smallest absolute Gasteiger partial charge is 0.245 e. The van der Waals surface area contributed by atoms with Crippen molar-refractivity contribution in [3.8, 4) is 0 Å². The number of sulfonamides is 1. The third kappa shape index (κ3) is 4.66. The fourth-order valence-electron chi connectivity index (χ4n) is 4.79. The number of hydrogen-bond acceptors (Lipinski definition) is 5. The Labute approximate surface area is 220 Å². The van der Waals surface area contributed by atoms with Gasteiger partial charge in [-0.25, -0.2) is 8.42 Å². The van der Waals surface area contributed by atoms with E-state index in [1.54, 1.807) is 40.6 Å². The number of halogens is 1. The molecular weight excluding hydrogens is 514 g/mol. The van der Waals surface area contributed by atoms with Gasteiger partial charge in [-0.05, 0) is 59.7 Å². The number of benzene rings is 2. The van der Waals surface area contributed by atoms with Crippen LogP contribution in [-0.2, 0) is 21.2 Å². The number of hydrogen-bond donors (Lipinski definition) is 0. The summed E-state index contributed by atoms with van der Waals surface area (Å²) >= 11 is 7.81. The SMILES string of the molecule is CCCN(CC(=O)N1CCc2sccc2C1c1ccc(Cl)cc1)S(=O)(=O)c1cccc2cccnc12.